The van der Waals surface area contributed by atoms with Crippen LogP contribution in [0.1, 0.15) is 0 Å². The summed E-state index contributed by atoms with van der Waals surface area (Å²) in [5.41, 5.74) is 5.83. The summed E-state index contributed by atoms with van der Waals surface area (Å²) in [7, 11) is -3.11. The maximum absolute atomic E-state index is 6.09. The maximum Gasteiger partial charge on any atom is 0.123 e. The van der Waals surface area contributed by atoms with Crippen LogP contribution in [0.15, 0.2) is 108 Å². The molecule has 6 aromatic rings. The first-order valence-electron chi connectivity index (χ1n) is 14.9. The number of furan rings is 1. The van der Waals surface area contributed by atoms with E-state index in [1.165, 1.54) is 0 Å². The molecule has 0 N–H and O–H groups in total. The van der Waals surface area contributed by atoms with Gasteiger partial charge in [-0.2, -0.15) is 0 Å². The average Bonchev–Trinajstić information content (AvgIpc) is 3.35. The molecule has 3 heterocycles. The average molecular weight is 822 g/mol. The molecule has 3 nitrogen and oxygen atoms in total. The van der Waals surface area contributed by atoms with Gasteiger partial charge in [0.25, 0.3) is 0 Å². The summed E-state index contributed by atoms with van der Waals surface area (Å²) in [6.45, 7) is 19.3. The SMILES string of the molecule is C[Si](C)[Si](c1ccc(-c2[c-]cc3c(c2)oc2ccccc23)nc1)([Si](C)(C)C)[Si](C)(C)C.[Ir].[c-]1ccccc1-c1ccccn1. The minimum atomic E-state index is -1.55. The van der Waals surface area contributed by atoms with E-state index in [0.29, 0.717) is 0 Å². The summed E-state index contributed by atoms with van der Waals surface area (Å²) in [6, 6.07) is 37.3. The van der Waals surface area contributed by atoms with Crippen LogP contribution in [0.5, 0.6) is 0 Å². The summed E-state index contributed by atoms with van der Waals surface area (Å²) in [5.74, 6) is 0. The fourth-order valence-corrected chi connectivity index (χ4v) is 86.9. The molecule has 0 spiro atoms. The summed E-state index contributed by atoms with van der Waals surface area (Å²) < 4.78 is 6.09. The van der Waals surface area contributed by atoms with Crippen molar-refractivity contribution < 1.29 is 24.5 Å². The van der Waals surface area contributed by atoms with Crippen LogP contribution < -0.4 is 5.19 Å². The van der Waals surface area contributed by atoms with Crippen molar-refractivity contribution in [3.63, 3.8) is 0 Å². The van der Waals surface area contributed by atoms with Gasteiger partial charge in [0, 0.05) is 56.0 Å². The van der Waals surface area contributed by atoms with Gasteiger partial charge >= 0.3 is 0 Å². The molecule has 2 radical (unpaired) electrons. The quantitative estimate of drug-likeness (QED) is 0.124. The molecule has 0 atom stereocenters. The molecule has 0 unspecified atom stereocenters. The van der Waals surface area contributed by atoms with Gasteiger partial charge < -0.3 is 14.4 Å². The monoisotopic (exact) mass is 822 g/mol. The van der Waals surface area contributed by atoms with Gasteiger partial charge in [0.15, 0.2) is 0 Å². The number of rotatable bonds is 6. The Balaban J connectivity index is 0.000000284. The number of nitrogens with zero attached hydrogens (tertiary/aromatic N) is 2. The van der Waals surface area contributed by atoms with Gasteiger partial charge in [-0.05, 0) is 28.9 Å². The zero-order valence-corrected chi connectivity index (χ0v) is 33.3. The molecule has 0 bridgehead atoms. The van der Waals surface area contributed by atoms with Crippen molar-refractivity contribution in [1.82, 2.24) is 9.97 Å². The molecule has 228 valence electrons. The van der Waals surface area contributed by atoms with Gasteiger partial charge in [-0.3, -0.25) is 0 Å². The number of benzene rings is 3. The zero-order valence-electron chi connectivity index (χ0n) is 27.0. The normalized spacial score (nSPS) is 12.1. The van der Waals surface area contributed by atoms with Crippen LogP contribution in [0.2, 0.25) is 52.4 Å². The largest absolute Gasteiger partial charge is 0.476 e. The molecule has 3 aromatic carbocycles. The molecule has 3 aromatic heterocycles. The van der Waals surface area contributed by atoms with E-state index in [1.807, 2.05) is 54.6 Å². The van der Waals surface area contributed by atoms with Crippen LogP contribution in [0, 0.1) is 12.1 Å². The van der Waals surface area contributed by atoms with Crippen molar-refractivity contribution in [3.05, 3.63) is 116 Å². The van der Waals surface area contributed by atoms with E-state index in [2.05, 4.69) is 112 Å². The Hall–Kier alpha value is -2.72. The number of fused-ring (bicyclic) bond motifs is 3. The van der Waals surface area contributed by atoms with Gasteiger partial charge in [-0.1, -0.05) is 111 Å². The topological polar surface area (TPSA) is 38.9 Å². The second-order valence-corrected chi connectivity index (χ2v) is 49.7. The Labute approximate surface area is 280 Å². The standard InChI is InChI=1S/C25H33NOSi4.C11H8N.Ir/c1-28(2)31(29(3,4)5,30(6,7)8)20-14-16-23(26-18-20)19-13-15-22-21-11-9-10-12-24(21)27-25(22)17-19;1-2-6-10(7-3-1)11-8-4-5-9-12-11;/h9-12,14-18H,1-8H3;1-6,8-9H;/q2*-1;. The first kappa shape index (κ1) is 34.2. The van der Waals surface area contributed by atoms with Crippen molar-refractivity contribution in [2.45, 2.75) is 52.4 Å². The third-order valence-electron chi connectivity index (χ3n) is 8.43. The fraction of sp³-hybridized carbons (Fsp3) is 0.222. The van der Waals surface area contributed by atoms with Gasteiger partial charge in [0.1, 0.15) is 5.58 Å². The Morgan fingerprint density at radius 2 is 1.34 bits per heavy atom. The number of para-hydroxylation sites is 1. The smallest absolute Gasteiger partial charge is 0.123 e. The van der Waals surface area contributed by atoms with E-state index in [0.717, 1.165) is 44.5 Å². The Morgan fingerprint density at radius 1 is 0.659 bits per heavy atom. The number of aromatic nitrogens is 2. The third kappa shape index (κ3) is 6.61. The van der Waals surface area contributed by atoms with Crippen LogP contribution >= 0.6 is 0 Å². The van der Waals surface area contributed by atoms with E-state index in [-0.39, 0.29) is 20.1 Å². The minimum Gasteiger partial charge on any atom is -0.476 e. The molecular weight excluding hydrogens is 781 g/mol. The van der Waals surface area contributed by atoms with E-state index in [1.54, 1.807) is 11.4 Å². The molecule has 0 saturated heterocycles. The molecule has 0 amide bonds. The van der Waals surface area contributed by atoms with Crippen LogP contribution in [0.4, 0.5) is 0 Å². The zero-order chi connectivity index (χ0) is 30.8. The Bertz CT molecular complexity index is 1760. The Morgan fingerprint density at radius 3 is 1.93 bits per heavy atom. The molecule has 6 rings (SSSR count). The van der Waals surface area contributed by atoms with Crippen molar-refractivity contribution in [2.75, 3.05) is 0 Å². The predicted octanol–water partition coefficient (Wildman–Crippen LogP) is 9.32. The second kappa shape index (κ2) is 13.7. The van der Waals surface area contributed by atoms with Crippen molar-refractivity contribution in [3.8, 4) is 22.5 Å². The predicted molar refractivity (Wildman–Crippen MR) is 194 cm³/mol. The van der Waals surface area contributed by atoms with Gasteiger partial charge in [-0.25, -0.2) is 0 Å². The first-order chi connectivity index (χ1) is 20.4. The molecule has 0 aliphatic carbocycles. The van der Waals surface area contributed by atoms with E-state index in [4.69, 9.17) is 9.40 Å². The summed E-state index contributed by atoms with van der Waals surface area (Å²) in [6.07, 6.45) is 4.03. The number of hydrogen-bond acceptors (Lipinski definition) is 3. The van der Waals surface area contributed by atoms with Gasteiger partial charge in [0.05, 0.1) is 12.2 Å². The molecule has 0 aliphatic heterocycles. The van der Waals surface area contributed by atoms with Crippen LogP contribution in [0.3, 0.4) is 0 Å². The molecule has 8 heteroatoms. The first-order valence-corrected chi connectivity index (χ1v) is 29.4. The third-order valence-corrected chi connectivity index (χ3v) is 72.2. The fourth-order valence-electron chi connectivity index (χ4n) is 7.44. The summed E-state index contributed by atoms with van der Waals surface area (Å²) >= 11 is 0. The van der Waals surface area contributed by atoms with Crippen LogP contribution in [-0.4, -0.2) is 40.1 Å². The molecule has 0 saturated carbocycles. The van der Waals surface area contributed by atoms with Crippen molar-refractivity contribution >= 4 is 57.2 Å². The molecule has 0 aliphatic rings. The summed E-state index contributed by atoms with van der Waals surface area (Å²) in [5, 5.41) is 3.87. The van der Waals surface area contributed by atoms with Gasteiger partial charge in [-0.15, -0.1) is 53.6 Å². The van der Waals surface area contributed by atoms with E-state index >= 15 is 0 Å². The van der Waals surface area contributed by atoms with Crippen LogP contribution in [-0.2, 0) is 20.1 Å². The van der Waals surface area contributed by atoms with Crippen molar-refractivity contribution in [2.24, 2.45) is 0 Å². The summed E-state index contributed by atoms with van der Waals surface area (Å²) in [4.78, 5) is 9.23. The van der Waals surface area contributed by atoms with Crippen LogP contribution in [0.25, 0.3) is 44.5 Å². The molecule has 0 fully saturated rings. The van der Waals surface area contributed by atoms with E-state index in [9.17, 15) is 0 Å². The minimum absolute atomic E-state index is 0. The molecular formula is C36H41IrN2OSi4-2. The maximum atomic E-state index is 6.09. The van der Waals surface area contributed by atoms with E-state index < -0.39 is 30.1 Å². The van der Waals surface area contributed by atoms with Gasteiger partial charge in [0.2, 0.25) is 0 Å². The van der Waals surface area contributed by atoms with Crippen molar-refractivity contribution in [1.29, 1.82) is 0 Å². The number of pyridine rings is 2. The number of hydrogen-bond donors (Lipinski definition) is 0. The second-order valence-electron chi connectivity index (χ2n) is 13.4. The Kier molecular flexibility index (Phi) is 10.7. The molecule has 44 heavy (non-hydrogen) atoms.